The number of amides is 1. The Labute approximate surface area is 155 Å². The predicted molar refractivity (Wildman–Crippen MR) is 104 cm³/mol. The molecule has 1 fully saturated rings. The summed E-state index contributed by atoms with van der Waals surface area (Å²) in [6.07, 6.45) is 5.10. The van der Waals surface area contributed by atoms with Gasteiger partial charge in [0.15, 0.2) is 0 Å². The van der Waals surface area contributed by atoms with E-state index in [9.17, 15) is 4.79 Å². The van der Waals surface area contributed by atoms with Gasteiger partial charge in [0.2, 0.25) is 0 Å². The van der Waals surface area contributed by atoms with Crippen molar-refractivity contribution in [2.75, 3.05) is 31.5 Å². The molecule has 0 aliphatic carbocycles. The van der Waals surface area contributed by atoms with Crippen LogP contribution in [0.2, 0.25) is 0 Å². The van der Waals surface area contributed by atoms with E-state index >= 15 is 0 Å². The average molecular weight is 355 g/mol. The average Bonchev–Trinajstić information content (AvgIpc) is 3.22. The van der Waals surface area contributed by atoms with Gasteiger partial charge in [-0.1, -0.05) is 26.0 Å². The molecule has 0 radical (unpaired) electrons. The maximum atomic E-state index is 13.2. The van der Waals surface area contributed by atoms with Crippen LogP contribution in [0.25, 0.3) is 0 Å². The number of hydrogen-bond acceptors (Lipinski definition) is 4. The number of rotatable bonds is 7. The number of nitrogens with one attached hydrogen (secondary N) is 2. The van der Waals surface area contributed by atoms with Gasteiger partial charge in [0.05, 0.1) is 0 Å². The standard InChI is InChI=1S/C20H29N5O/c1-3-24(4-2)16-17-7-5-8-18(15-17)23-19(26)20(9-12-21-13-10-20)25-14-6-11-22-25/h5-8,11,14-15,21H,3-4,9-10,12-13,16H2,1-2H3,(H,23,26). The first-order valence-electron chi connectivity index (χ1n) is 9.51. The highest BCUT2D eigenvalue weighted by atomic mass is 16.2. The van der Waals surface area contributed by atoms with Crippen molar-refractivity contribution in [2.24, 2.45) is 0 Å². The highest BCUT2D eigenvalue weighted by molar-refractivity contribution is 5.96. The molecule has 0 unspecified atom stereocenters. The van der Waals surface area contributed by atoms with Crippen LogP contribution in [0.4, 0.5) is 5.69 Å². The molecule has 1 aromatic carbocycles. The second-order valence-corrected chi connectivity index (χ2v) is 6.85. The number of carbonyl (C=O) groups excluding carboxylic acids is 1. The molecular weight excluding hydrogens is 326 g/mol. The Morgan fingerprint density at radius 1 is 1.27 bits per heavy atom. The first kappa shape index (κ1) is 18.6. The van der Waals surface area contributed by atoms with Crippen molar-refractivity contribution in [3.63, 3.8) is 0 Å². The van der Waals surface area contributed by atoms with Crippen LogP contribution in [0.1, 0.15) is 32.3 Å². The minimum atomic E-state index is -0.621. The van der Waals surface area contributed by atoms with Gasteiger partial charge in [0, 0.05) is 24.6 Å². The first-order valence-corrected chi connectivity index (χ1v) is 9.51. The van der Waals surface area contributed by atoms with Gasteiger partial charge in [-0.25, -0.2) is 0 Å². The summed E-state index contributed by atoms with van der Waals surface area (Å²) in [5, 5.41) is 10.9. The molecular formula is C20H29N5O. The molecule has 1 aliphatic heterocycles. The molecule has 0 saturated carbocycles. The zero-order valence-electron chi connectivity index (χ0n) is 15.7. The second kappa shape index (κ2) is 8.47. The van der Waals surface area contributed by atoms with Crippen LogP contribution >= 0.6 is 0 Å². The minimum Gasteiger partial charge on any atom is -0.324 e. The van der Waals surface area contributed by atoms with Crippen molar-refractivity contribution in [3.05, 3.63) is 48.3 Å². The fourth-order valence-corrected chi connectivity index (χ4v) is 3.62. The number of nitrogens with zero attached hydrogens (tertiary/aromatic N) is 3. The monoisotopic (exact) mass is 355 g/mol. The zero-order valence-corrected chi connectivity index (χ0v) is 15.7. The lowest BCUT2D eigenvalue weighted by atomic mass is 9.87. The van der Waals surface area contributed by atoms with Gasteiger partial charge >= 0.3 is 0 Å². The molecule has 0 bridgehead atoms. The molecule has 2 heterocycles. The number of benzene rings is 1. The van der Waals surface area contributed by atoms with Crippen LogP contribution in [0.5, 0.6) is 0 Å². The number of carbonyl (C=O) groups is 1. The Bertz CT molecular complexity index is 703. The lowest BCUT2D eigenvalue weighted by Crippen LogP contribution is -2.52. The molecule has 1 saturated heterocycles. The SMILES string of the molecule is CCN(CC)Cc1cccc(NC(=O)C2(n3cccn3)CCNCC2)c1. The summed E-state index contributed by atoms with van der Waals surface area (Å²) in [5.41, 5.74) is 1.44. The number of aromatic nitrogens is 2. The van der Waals surface area contributed by atoms with Crippen molar-refractivity contribution in [2.45, 2.75) is 38.8 Å². The molecule has 0 atom stereocenters. The molecule has 26 heavy (non-hydrogen) atoms. The molecule has 140 valence electrons. The maximum absolute atomic E-state index is 13.2. The summed E-state index contributed by atoms with van der Waals surface area (Å²) in [6, 6.07) is 10.0. The number of anilines is 1. The predicted octanol–water partition coefficient (Wildman–Crippen LogP) is 2.44. The summed E-state index contributed by atoms with van der Waals surface area (Å²) in [5.74, 6) is 0.0164. The van der Waals surface area contributed by atoms with E-state index in [2.05, 4.69) is 46.6 Å². The Hall–Kier alpha value is -2.18. The van der Waals surface area contributed by atoms with Crippen LogP contribution in [-0.2, 0) is 16.9 Å². The fraction of sp³-hybridized carbons (Fsp3) is 0.500. The van der Waals surface area contributed by atoms with E-state index in [0.29, 0.717) is 0 Å². The van der Waals surface area contributed by atoms with Crippen molar-refractivity contribution >= 4 is 11.6 Å². The summed E-state index contributed by atoms with van der Waals surface area (Å²) >= 11 is 0. The van der Waals surface area contributed by atoms with Gasteiger partial charge in [-0.15, -0.1) is 0 Å². The van der Waals surface area contributed by atoms with E-state index in [1.165, 1.54) is 5.56 Å². The molecule has 1 aromatic heterocycles. The van der Waals surface area contributed by atoms with Gasteiger partial charge in [0.1, 0.15) is 5.54 Å². The smallest absolute Gasteiger partial charge is 0.252 e. The third kappa shape index (κ3) is 3.97. The van der Waals surface area contributed by atoms with E-state index in [1.807, 2.05) is 29.1 Å². The Balaban J connectivity index is 1.78. The van der Waals surface area contributed by atoms with Crippen molar-refractivity contribution in [3.8, 4) is 0 Å². The van der Waals surface area contributed by atoms with Crippen LogP contribution in [0.3, 0.4) is 0 Å². The quantitative estimate of drug-likeness (QED) is 0.801. The third-order valence-electron chi connectivity index (χ3n) is 5.28. The minimum absolute atomic E-state index is 0.0164. The van der Waals surface area contributed by atoms with Crippen LogP contribution in [0, 0.1) is 0 Å². The lowest BCUT2D eigenvalue weighted by Gasteiger charge is -2.36. The Kier molecular flexibility index (Phi) is 6.06. The summed E-state index contributed by atoms with van der Waals surface area (Å²) in [7, 11) is 0. The van der Waals surface area contributed by atoms with Gasteiger partial charge < -0.3 is 10.6 Å². The van der Waals surface area contributed by atoms with Gasteiger partial charge in [-0.05, 0) is 62.8 Å². The van der Waals surface area contributed by atoms with Crippen LogP contribution in [-0.4, -0.2) is 46.8 Å². The fourth-order valence-electron chi connectivity index (χ4n) is 3.62. The highest BCUT2D eigenvalue weighted by Gasteiger charge is 2.42. The topological polar surface area (TPSA) is 62.2 Å². The molecule has 2 aromatic rings. The van der Waals surface area contributed by atoms with E-state index in [1.54, 1.807) is 6.20 Å². The van der Waals surface area contributed by atoms with Crippen LogP contribution < -0.4 is 10.6 Å². The summed E-state index contributed by atoms with van der Waals surface area (Å²) in [6.45, 7) is 8.89. The molecule has 1 amide bonds. The Morgan fingerprint density at radius 3 is 2.69 bits per heavy atom. The van der Waals surface area contributed by atoms with E-state index < -0.39 is 5.54 Å². The normalized spacial score (nSPS) is 16.6. The van der Waals surface area contributed by atoms with E-state index in [-0.39, 0.29) is 5.91 Å². The highest BCUT2D eigenvalue weighted by Crippen LogP contribution is 2.29. The number of hydrogen-bond donors (Lipinski definition) is 2. The maximum Gasteiger partial charge on any atom is 0.252 e. The van der Waals surface area contributed by atoms with Gasteiger partial charge in [-0.2, -0.15) is 5.10 Å². The van der Waals surface area contributed by atoms with Crippen molar-refractivity contribution in [1.82, 2.24) is 20.0 Å². The molecule has 2 N–H and O–H groups in total. The molecule has 6 heteroatoms. The largest absolute Gasteiger partial charge is 0.324 e. The lowest BCUT2D eigenvalue weighted by molar-refractivity contribution is -0.126. The number of piperidine rings is 1. The zero-order chi connectivity index (χ0) is 18.4. The van der Waals surface area contributed by atoms with E-state index in [0.717, 1.165) is 51.3 Å². The molecule has 3 rings (SSSR count). The first-order chi connectivity index (χ1) is 12.7. The molecule has 1 aliphatic rings. The van der Waals surface area contributed by atoms with E-state index in [4.69, 9.17) is 0 Å². The Morgan fingerprint density at radius 2 is 2.04 bits per heavy atom. The molecule has 0 spiro atoms. The van der Waals surface area contributed by atoms with Crippen molar-refractivity contribution < 1.29 is 4.79 Å². The summed E-state index contributed by atoms with van der Waals surface area (Å²) < 4.78 is 1.82. The van der Waals surface area contributed by atoms with Crippen LogP contribution in [0.15, 0.2) is 42.7 Å². The van der Waals surface area contributed by atoms with Gasteiger partial charge in [0.25, 0.3) is 5.91 Å². The third-order valence-corrected chi connectivity index (χ3v) is 5.28. The van der Waals surface area contributed by atoms with Gasteiger partial charge in [-0.3, -0.25) is 14.4 Å². The molecule has 6 nitrogen and oxygen atoms in total. The summed E-state index contributed by atoms with van der Waals surface area (Å²) in [4.78, 5) is 15.6. The second-order valence-electron chi connectivity index (χ2n) is 6.85. The van der Waals surface area contributed by atoms with Crippen molar-refractivity contribution in [1.29, 1.82) is 0 Å².